The van der Waals surface area contributed by atoms with Crippen LogP contribution in [0.4, 0.5) is 4.39 Å². The Labute approximate surface area is 94.7 Å². The van der Waals surface area contributed by atoms with E-state index in [1.165, 1.54) is 32.0 Å². The summed E-state index contributed by atoms with van der Waals surface area (Å²) in [6.07, 6.45) is 5.16. The Morgan fingerprint density at radius 2 is 1.94 bits per heavy atom. The van der Waals surface area contributed by atoms with Gasteiger partial charge in [-0.2, -0.15) is 4.72 Å². The number of sulfonamides is 1. The lowest BCUT2D eigenvalue weighted by molar-refractivity contribution is 0.526. The largest absolute Gasteiger partial charge is 0.244 e. The highest BCUT2D eigenvalue weighted by Crippen LogP contribution is 2.15. The van der Waals surface area contributed by atoms with Crippen LogP contribution in [0.15, 0.2) is 29.2 Å². The summed E-state index contributed by atoms with van der Waals surface area (Å²) in [6, 6.07) is 5.13. The molecule has 1 N–H and O–H groups in total. The van der Waals surface area contributed by atoms with Crippen LogP contribution in [-0.4, -0.2) is 14.0 Å². The fraction of sp³-hybridized carbons (Fsp3) is 0.273. The zero-order valence-electron chi connectivity index (χ0n) is 8.99. The molecule has 0 amide bonds. The third-order valence-corrected chi connectivity index (χ3v) is 3.57. The van der Waals surface area contributed by atoms with Gasteiger partial charge in [-0.15, -0.1) is 6.42 Å². The highest BCUT2D eigenvalue weighted by molar-refractivity contribution is 7.89. The molecule has 1 aromatic rings. The van der Waals surface area contributed by atoms with E-state index in [0.29, 0.717) is 0 Å². The number of halogens is 1. The maximum absolute atomic E-state index is 13.3. The summed E-state index contributed by atoms with van der Waals surface area (Å²) >= 11 is 0. The van der Waals surface area contributed by atoms with E-state index >= 15 is 0 Å². The summed E-state index contributed by atoms with van der Waals surface area (Å²) in [6.45, 7) is 3.04. The first-order chi connectivity index (χ1) is 7.28. The molecule has 0 atom stereocenters. The predicted octanol–water partition coefficient (Wildman–Crippen LogP) is 1.52. The molecule has 86 valence electrons. The second-order valence-electron chi connectivity index (χ2n) is 3.81. The van der Waals surface area contributed by atoms with Gasteiger partial charge in [0.2, 0.25) is 10.0 Å². The molecule has 0 saturated carbocycles. The average molecular weight is 241 g/mol. The minimum Gasteiger partial charge on any atom is -0.207 e. The number of benzene rings is 1. The third kappa shape index (κ3) is 2.81. The second-order valence-corrected chi connectivity index (χ2v) is 5.46. The van der Waals surface area contributed by atoms with Crippen molar-refractivity contribution in [1.29, 1.82) is 0 Å². The molecule has 0 radical (unpaired) electrons. The zero-order valence-corrected chi connectivity index (χ0v) is 9.81. The van der Waals surface area contributed by atoms with E-state index in [1.807, 2.05) is 0 Å². The predicted molar refractivity (Wildman–Crippen MR) is 59.6 cm³/mol. The lowest BCUT2D eigenvalue weighted by atomic mass is 10.1. The molecule has 3 nitrogen and oxygen atoms in total. The number of nitrogens with one attached hydrogen (secondary N) is 1. The van der Waals surface area contributed by atoms with Crippen LogP contribution in [0, 0.1) is 18.2 Å². The number of rotatable bonds is 3. The molecule has 0 aliphatic heterocycles. The molecule has 0 heterocycles. The van der Waals surface area contributed by atoms with Crippen molar-refractivity contribution in [2.24, 2.45) is 0 Å². The minimum absolute atomic E-state index is 0.404. The van der Waals surface area contributed by atoms with Crippen LogP contribution in [0.3, 0.4) is 0 Å². The van der Waals surface area contributed by atoms with Crippen molar-refractivity contribution in [1.82, 2.24) is 4.72 Å². The van der Waals surface area contributed by atoms with Gasteiger partial charge in [0.05, 0.1) is 5.54 Å². The van der Waals surface area contributed by atoms with Crippen molar-refractivity contribution in [3.8, 4) is 12.3 Å². The van der Waals surface area contributed by atoms with E-state index in [2.05, 4.69) is 10.6 Å². The molecule has 5 heteroatoms. The highest BCUT2D eigenvalue weighted by Gasteiger charge is 2.26. The summed E-state index contributed by atoms with van der Waals surface area (Å²) in [7, 11) is -3.93. The van der Waals surface area contributed by atoms with E-state index in [0.717, 1.165) is 6.07 Å². The number of hydrogen-bond donors (Lipinski definition) is 1. The Morgan fingerprint density at radius 3 is 2.44 bits per heavy atom. The molecule has 0 saturated heterocycles. The lowest BCUT2D eigenvalue weighted by Gasteiger charge is -2.19. The van der Waals surface area contributed by atoms with Gasteiger partial charge in [-0.25, -0.2) is 12.8 Å². The number of terminal acetylenes is 1. The molecule has 0 fully saturated rings. The van der Waals surface area contributed by atoms with Crippen LogP contribution in [-0.2, 0) is 10.0 Å². The smallest absolute Gasteiger partial charge is 0.207 e. The zero-order chi connectivity index (χ0) is 12.4. The maximum Gasteiger partial charge on any atom is 0.244 e. The Kier molecular flexibility index (Phi) is 3.36. The first-order valence-electron chi connectivity index (χ1n) is 4.55. The van der Waals surface area contributed by atoms with Gasteiger partial charge in [0.25, 0.3) is 0 Å². The van der Waals surface area contributed by atoms with Gasteiger partial charge in [-0.05, 0) is 26.0 Å². The Morgan fingerprint density at radius 1 is 1.38 bits per heavy atom. The van der Waals surface area contributed by atoms with Crippen molar-refractivity contribution >= 4 is 10.0 Å². The first kappa shape index (κ1) is 12.7. The SMILES string of the molecule is C#CC(C)(C)NS(=O)(=O)c1ccccc1F. The molecule has 0 aliphatic rings. The van der Waals surface area contributed by atoms with Crippen LogP contribution in [0.25, 0.3) is 0 Å². The summed E-state index contributed by atoms with van der Waals surface area (Å²) in [5.74, 6) is 1.47. The summed E-state index contributed by atoms with van der Waals surface area (Å²) in [5, 5.41) is 0. The molecule has 16 heavy (non-hydrogen) atoms. The highest BCUT2D eigenvalue weighted by atomic mass is 32.2. The third-order valence-electron chi connectivity index (χ3n) is 1.88. The van der Waals surface area contributed by atoms with Gasteiger partial charge in [-0.3, -0.25) is 0 Å². The van der Waals surface area contributed by atoms with Crippen LogP contribution < -0.4 is 4.72 Å². The van der Waals surface area contributed by atoms with E-state index in [-0.39, 0.29) is 0 Å². The molecule has 0 spiro atoms. The summed E-state index contributed by atoms with van der Waals surface area (Å²) in [4.78, 5) is -0.404. The van der Waals surface area contributed by atoms with Gasteiger partial charge in [0, 0.05) is 0 Å². The Bertz CT molecular complexity index is 529. The van der Waals surface area contributed by atoms with Crippen molar-refractivity contribution in [3.05, 3.63) is 30.1 Å². The van der Waals surface area contributed by atoms with Crippen molar-refractivity contribution in [3.63, 3.8) is 0 Å². The molecule has 0 aromatic heterocycles. The minimum atomic E-state index is -3.93. The lowest BCUT2D eigenvalue weighted by Crippen LogP contribution is -2.42. The van der Waals surface area contributed by atoms with Crippen LogP contribution in [0.1, 0.15) is 13.8 Å². The van der Waals surface area contributed by atoms with Gasteiger partial charge in [0.1, 0.15) is 10.7 Å². The standard InChI is InChI=1S/C11H12FNO2S/c1-4-11(2,3)13-16(14,15)10-8-6-5-7-9(10)12/h1,5-8,13H,2-3H3. The summed E-state index contributed by atoms with van der Waals surface area (Å²) in [5.41, 5.74) is -1.05. The van der Waals surface area contributed by atoms with Crippen LogP contribution in [0.5, 0.6) is 0 Å². The molecule has 0 bridgehead atoms. The van der Waals surface area contributed by atoms with Gasteiger partial charge < -0.3 is 0 Å². The maximum atomic E-state index is 13.3. The molecule has 1 rings (SSSR count). The van der Waals surface area contributed by atoms with E-state index in [9.17, 15) is 12.8 Å². The topological polar surface area (TPSA) is 46.2 Å². The fourth-order valence-electron chi connectivity index (χ4n) is 1.08. The Hall–Kier alpha value is -1.38. The Balaban J connectivity index is 3.16. The van der Waals surface area contributed by atoms with Crippen LogP contribution >= 0.6 is 0 Å². The van der Waals surface area contributed by atoms with Gasteiger partial charge >= 0.3 is 0 Å². The van der Waals surface area contributed by atoms with Gasteiger partial charge in [-0.1, -0.05) is 18.1 Å². The molecular weight excluding hydrogens is 229 g/mol. The monoisotopic (exact) mass is 241 g/mol. The molecule has 0 aliphatic carbocycles. The first-order valence-corrected chi connectivity index (χ1v) is 6.03. The molecule has 1 aromatic carbocycles. The van der Waals surface area contributed by atoms with E-state index in [1.54, 1.807) is 0 Å². The molecular formula is C11H12FNO2S. The normalized spacial score (nSPS) is 12.1. The fourth-order valence-corrected chi connectivity index (χ4v) is 2.51. The van der Waals surface area contributed by atoms with E-state index in [4.69, 9.17) is 6.42 Å². The van der Waals surface area contributed by atoms with Crippen LogP contribution in [0.2, 0.25) is 0 Å². The van der Waals surface area contributed by atoms with Gasteiger partial charge in [0.15, 0.2) is 0 Å². The second kappa shape index (κ2) is 4.24. The van der Waals surface area contributed by atoms with Crippen molar-refractivity contribution < 1.29 is 12.8 Å². The number of hydrogen-bond acceptors (Lipinski definition) is 2. The van der Waals surface area contributed by atoms with Crippen molar-refractivity contribution in [2.75, 3.05) is 0 Å². The quantitative estimate of drug-likeness (QED) is 0.815. The average Bonchev–Trinajstić information content (AvgIpc) is 2.16. The van der Waals surface area contributed by atoms with Crippen molar-refractivity contribution in [2.45, 2.75) is 24.3 Å². The van der Waals surface area contributed by atoms with E-state index < -0.39 is 26.3 Å². The summed E-state index contributed by atoms with van der Waals surface area (Å²) < 4.78 is 39.1. The molecule has 0 unspecified atom stereocenters.